The van der Waals surface area contributed by atoms with Gasteiger partial charge in [-0.15, -0.1) is 0 Å². The second-order valence-electron chi connectivity index (χ2n) is 15.2. The summed E-state index contributed by atoms with van der Waals surface area (Å²) < 4.78 is 104. The van der Waals surface area contributed by atoms with Crippen molar-refractivity contribution in [3.05, 3.63) is 0 Å². The molecule has 302 valence electrons. The van der Waals surface area contributed by atoms with Gasteiger partial charge >= 0.3 is 30.4 Å². The summed E-state index contributed by atoms with van der Waals surface area (Å²) in [5, 5.41) is 0. The van der Waals surface area contributed by atoms with E-state index in [4.69, 9.17) is 36.2 Å². The molecule has 0 aromatic rings. The second kappa shape index (κ2) is 23.5. The Morgan fingerprint density at radius 1 is 0.320 bits per heavy atom. The van der Waals surface area contributed by atoms with Crippen LogP contribution in [0.25, 0.3) is 0 Å². The molecule has 0 rings (SSSR count). The van der Waals surface area contributed by atoms with Crippen LogP contribution < -0.4 is 0 Å². The zero-order valence-corrected chi connectivity index (χ0v) is 37.7. The molecule has 0 aliphatic carbocycles. The minimum atomic E-state index is -3.75. The van der Waals surface area contributed by atoms with Crippen molar-refractivity contribution in [2.75, 3.05) is 12.3 Å². The van der Waals surface area contributed by atoms with Gasteiger partial charge in [-0.25, -0.2) is 0 Å². The van der Waals surface area contributed by atoms with E-state index in [-0.39, 0.29) is 61.2 Å². The summed E-state index contributed by atoms with van der Waals surface area (Å²) in [6.45, 7) is 28.6. The van der Waals surface area contributed by atoms with E-state index in [0.717, 1.165) is 12.8 Å². The van der Waals surface area contributed by atoms with Crippen LogP contribution in [0.5, 0.6) is 0 Å². The predicted octanol–water partition coefficient (Wildman–Crippen LogP) is 12.2. The Balaban J connectivity index is 6.22. The monoisotopic (exact) mass is 798 g/mol. The molecule has 0 amide bonds. The largest absolute Gasteiger partial charge is 0.334 e. The van der Waals surface area contributed by atoms with Crippen LogP contribution in [0.15, 0.2) is 0 Å². The third kappa shape index (κ3) is 21.5. The fraction of sp³-hybridized carbons (Fsp3) is 1.00. The van der Waals surface area contributed by atoms with E-state index in [9.17, 15) is 18.3 Å². The first-order valence-corrected chi connectivity index (χ1v) is 25.3. The molecule has 0 aliphatic rings. The molecule has 0 radical (unpaired) electrons. The Morgan fingerprint density at radius 2 is 0.520 bits per heavy atom. The van der Waals surface area contributed by atoms with Gasteiger partial charge < -0.3 is 36.2 Å². The van der Waals surface area contributed by atoms with Gasteiger partial charge in [-0.05, 0) is 124 Å². The molecule has 0 saturated carbocycles. The van der Waals surface area contributed by atoms with E-state index in [1.165, 1.54) is 0 Å². The van der Waals surface area contributed by atoms with Crippen LogP contribution in [0.2, 0.25) is 0 Å². The molecule has 50 heavy (non-hydrogen) atoms. The van der Waals surface area contributed by atoms with Gasteiger partial charge in [0.2, 0.25) is 0 Å². The minimum absolute atomic E-state index is 0.106. The molecule has 0 aromatic carbocycles. The second-order valence-corrected chi connectivity index (χ2v) is 23.7. The molecule has 0 spiro atoms. The Hall–Kier alpha value is 0.600. The molecule has 0 saturated heterocycles. The van der Waals surface area contributed by atoms with Gasteiger partial charge in [0.25, 0.3) is 0 Å². The van der Waals surface area contributed by atoms with Crippen LogP contribution in [0.1, 0.15) is 149 Å². The Morgan fingerprint density at radius 3 is 0.700 bits per heavy atom. The van der Waals surface area contributed by atoms with Crippen molar-refractivity contribution in [3.8, 4) is 0 Å². The lowest BCUT2D eigenvalue weighted by atomic mass is 10.1. The normalized spacial score (nSPS) is 15.3. The highest BCUT2D eigenvalue weighted by molar-refractivity contribution is 7.59. The van der Waals surface area contributed by atoms with Crippen LogP contribution in [-0.2, 0) is 54.5 Å². The van der Waals surface area contributed by atoms with Crippen molar-refractivity contribution in [1.29, 1.82) is 0 Å². The molecule has 0 fully saturated rings. The van der Waals surface area contributed by atoms with Crippen LogP contribution in [0.3, 0.4) is 0 Å². The predicted molar refractivity (Wildman–Crippen MR) is 205 cm³/mol. The zero-order chi connectivity index (χ0) is 39.1. The highest BCUT2D eigenvalue weighted by atomic mass is 31.2. The number of unbranched alkanes of at least 4 members (excludes halogenated alkanes) is 3. The molecule has 12 nitrogen and oxygen atoms in total. The van der Waals surface area contributed by atoms with Crippen LogP contribution in [0.4, 0.5) is 0 Å². The first-order chi connectivity index (χ1) is 22.7. The summed E-state index contributed by atoms with van der Waals surface area (Å²) in [4.78, 5) is 0. The van der Waals surface area contributed by atoms with Crippen molar-refractivity contribution in [1.82, 2.24) is 0 Å². The van der Waals surface area contributed by atoms with Crippen molar-refractivity contribution in [2.45, 2.75) is 209 Å². The van der Waals surface area contributed by atoms with E-state index < -0.39 is 41.7 Å². The number of hydrogen-bond acceptors (Lipinski definition) is 12. The highest BCUT2D eigenvalue weighted by Crippen LogP contribution is 2.64. The summed E-state index contributed by atoms with van der Waals surface area (Å²) in [7, 11) is -14.8. The fourth-order valence-corrected chi connectivity index (χ4v) is 16.8. The zero-order valence-electron chi connectivity index (χ0n) is 34.1. The lowest BCUT2D eigenvalue weighted by Crippen LogP contribution is -2.24. The van der Waals surface area contributed by atoms with Crippen LogP contribution in [0, 0.1) is 0 Å². The highest BCUT2D eigenvalue weighted by Gasteiger charge is 2.45. The number of rotatable bonds is 29. The molecule has 16 heteroatoms. The summed E-state index contributed by atoms with van der Waals surface area (Å²) in [6, 6.07) is 0. The maximum Gasteiger partial charge on any atom is 0.334 e. The van der Waals surface area contributed by atoms with Gasteiger partial charge in [-0.3, -0.25) is 18.3 Å². The maximum atomic E-state index is 14.4. The first-order valence-electron chi connectivity index (χ1n) is 18.6. The van der Waals surface area contributed by atoms with Crippen molar-refractivity contribution >= 4 is 30.4 Å². The third-order valence-electron chi connectivity index (χ3n) is 6.50. The van der Waals surface area contributed by atoms with Crippen molar-refractivity contribution in [3.63, 3.8) is 0 Å². The quantitative estimate of drug-likeness (QED) is 0.0525. The van der Waals surface area contributed by atoms with Gasteiger partial charge in [0.05, 0.1) is 72.5 Å². The molecule has 2 atom stereocenters. The van der Waals surface area contributed by atoms with Gasteiger partial charge in [-0.1, -0.05) is 25.7 Å². The van der Waals surface area contributed by atoms with E-state index in [0.29, 0.717) is 25.7 Å². The summed E-state index contributed by atoms with van der Waals surface area (Å²) >= 11 is 0. The lowest BCUT2D eigenvalue weighted by molar-refractivity contribution is 0.128. The standard InChI is InChI=1S/C34H74O12P4/c1-25(2)39-47(35,40-26(3)4)23-33(49(37,43-29(9)10)44-30(11)12)21-19-17-18-20-22-34(50(38,45-31(13)14)46-32(15)16)24-48(36,41-27(5)6)42-28(7)8/h25-34H,17-24H2,1-16H3. The summed E-state index contributed by atoms with van der Waals surface area (Å²) in [5.41, 5.74) is -1.45. The van der Waals surface area contributed by atoms with Gasteiger partial charge in [0.15, 0.2) is 0 Å². The molecule has 0 N–H and O–H groups in total. The Bertz CT molecular complexity index is 982. The van der Waals surface area contributed by atoms with Gasteiger partial charge in [0.1, 0.15) is 0 Å². The topological polar surface area (TPSA) is 142 Å². The molecule has 0 bridgehead atoms. The minimum Gasteiger partial charge on any atom is -0.306 e. The van der Waals surface area contributed by atoms with E-state index >= 15 is 0 Å². The average molecular weight is 799 g/mol. The van der Waals surface area contributed by atoms with E-state index in [2.05, 4.69) is 0 Å². The van der Waals surface area contributed by atoms with Crippen LogP contribution >= 0.6 is 30.4 Å². The van der Waals surface area contributed by atoms with Gasteiger partial charge in [-0.2, -0.15) is 0 Å². The molecular weight excluding hydrogens is 724 g/mol. The van der Waals surface area contributed by atoms with Crippen LogP contribution in [-0.4, -0.2) is 72.5 Å². The van der Waals surface area contributed by atoms with Crippen molar-refractivity contribution in [2.24, 2.45) is 0 Å². The van der Waals surface area contributed by atoms with E-state index in [1.807, 2.05) is 0 Å². The SMILES string of the molecule is CC(C)OP(=O)(CC(CCCCCCC(CP(=O)(OC(C)C)OC(C)C)P(=O)(OC(C)C)OC(C)C)P(=O)(OC(C)C)OC(C)C)OC(C)C. The number of hydrogen-bond donors (Lipinski definition) is 0. The smallest absolute Gasteiger partial charge is 0.306 e. The average Bonchev–Trinajstić information content (AvgIpc) is 2.85. The lowest BCUT2D eigenvalue weighted by Gasteiger charge is -2.33. The molecule has 0 heterocycles. The molecule has 2 unspecified atom stereocenters. The summed E-state index contributed by atoms with van der Waals surface area (Å²) in [6.07, 6.45) is 0.256. The molecular formula is C34H74O12P4. The first kappa shape index (κ1) is 50.6. The summed E-state index contributed by atoms with van der Waals surface area (Å²) in [5.74, 6) is 0. The molecule has 0 aliphatic heterocycles. The third-order valence-corrected chi connectivity index (χ3v) is 17.4. The Kier molecular flexibility index (Phi) is 23.8. The van der Waals surface area contributed by atoms with E-state index in [1.54, 1.807) is 111 Å². The van der Waals surface area contributed by atoms with Gasteiger partial charge in [0, 0.05) is 0 Å². The maximum absolute atomic E-state index is 14.4. The van der Waals surface area contributed by atoms with Crippen molar-refractivity contribution < 1.29 is 54.5 Å². The Labute approximate surface area is 306 Å². The fourth-order valence-electron chi connectivity index (χ4n) is 5.40. The molecule has 0 aromatic heterocycles.